The smallest absolute Gasteiger partial charge is 0.0317 e. The standard InChI is InChI=1S/C17H27N/c1-13(2)10-11-17(18-3)16-9-5-8-15(12-16)14-6-4-7-14/h5,8-9,12-14,17-18H,4,6-7,10-11H2,1-3H3. The summed E-state index contributed by atoms with van der Waals surface area (Å²) in [4.78, 5) is 0. The second-order valence-corrected chi connectivity index (χ2v) is 6.11. The van der Waals surface area contributed by atoms with E-state index in [2.05, 4.69) is 50.5 Å². The largest absolute Gasteiger partial charge is 0.313 e. The Bertz CT molecular complexity index is 366. The van der Waals surface area contributed by atoms with Crippen LogP contribution in [0.4, 0.5) is 0 Å². The highest BCUT2D eigenvalue weighted by Gasteiger charge is 2.20. The van der Waals surface area contributed by atoms with Crippen LogP contribution in [0.5, 0.6) is 0 Å². The molecule has 1 aliphatic rings. The summed E-state index contributed by atoms with van der Waals surface area (Å²) in [7, 11) is 2.08. The van der Waals surface area contributed by atoms with Gasteiger partial charge in [-0.15, -0.1) is 0 Å². The highest BCUT2D eigenvalue weighted by molar-refractivity contribution is 5.29. The van der Waals surface area contributed by atoms with E-state index >= 15 is 0 Å². The van der Waals surface area contributed by atoms with Gasteiger partial charge in [-0.1, -0.05) is 44.5 Å². The molecule has 0 heterocycles. The van der Waals surface area contributed by atoms with E-state index in [1.54, 1.807) is 5.56 Å². The summed E-state index contributed by atoms with van der Waals surface area (Å²) in [5.41, 5.74) is 3.03. The van der Waals surface area contributed by atoms with Gasteiger partial charge in [-0.05, 0) is 55.7 Å². The predicted octanol–water partition coefficient (Wildman–Crippen LogP) is 4.65. The molecule has 1 atom stereocenters. The van der Waals surface area contributed by atoms with E-state index in [1.807, 2.05) is 0 Å². The Morgan fingerprint density at radius 2 is 2.00 bits per heavy atom. The van der Waals surface area contributed by atoms with Crippen LogP contribution in [-0.2, 0) is 0 Å². The van der Waals surface area contributed by atoms with Crippen molar-refractivity contribution in [2.75, 3.05) is 7.05 Å². The fourth-order valence-corrected chi connectivity index (χ4v) is 2.75. The lowest BCUT2D eigenvalue weighted by Gasteiger charge is -2.27. The predicted molar refractivity (Wildman–Crippen MR) is 78.9 cm³/mol. The topological polar surface area (TPSA) is 12.0 Å². The molecule has 0 aliphatic heterocycles. The number of hydrogen-bond donors (Lipinski definition) is 1. The molecule has 1 unspecified atom stereocenters. The van der Waals surface area contributed by atoms with E-state index < -0.39 is 0 Å². The van der Waals surface area contributed by atoms with Crippen LogP contribution in [0.2, 0.25) is 0 Å². The molecule has 18 heavy (non-hydrogen) atoms. The van der Waals surface area contributed by atoms with Crippen molar-refractivity contribution >= 4 is 0 Å². The van der Waals surface area contributed by atoms with Gasteiger partial charge in [0.05, 0.1) is 0 Å². The average Bonchev–Trinajstić information content (AvgIpc) is 2.28. The third kappa shape index (κ3) is 3.35. The van der Waals surface area contributed by atoms with Gasteiger partial charge in [-0.25, -0.2) is 0 Å². The third-order valence-corrected chi connectivity index (χ3v) is 4.27. The lowest BCUT2D eigenvalue weighted by atomic mass is 9.79. The fraction of sp³-hybridized carbons (Fsp3) is 0.647. The van der Waals surface area contributed by atoms with Gasteiger partial charge in [0.15, 0.2) is 0 Å². The van der Waals surface area contributed by atoms with Crippen molar-refractivity contribution in [1.29, 1.82) is 0 Å². The van der Waals surface area contributed by atoms with E-state index in [-0.39, 0.29) is 0 Å². The van der Waals surface area contributed by atoms with Crippen LogP contribution in [0.3, 0.4) is 0 Å². The first-order valence-electron chi connectivity index (χ1n) is 7.48. The minimum absolute atomic E-state index is 0.521. The minimum Gasteiger partial charge on any atom is -0.313 e. The molecule has 0 amide bonds. The molecule has 1 nitrogen and oxygen atoms in total. The highest BCUT2D eigenvalue weighted by atomic mass is 14.9. The molecule has 1 aromatic rings. The molecular formula is C17H27N. The fourth-order valence-electron chi connectivity index (χ4n) is 2.75. The second kappa shape index (κ2) is 6.38. The molecule has 0 spiro atoms. The quantitative estimate of drug-likeness (QED) is 0.769. The summed E-state index contributed by atoms with van der Waals surface area (Å²) < 4.78 is 0. The van der Waals surface area contributed by atoms with Crippen LogP contribution >= 0.6 is 0 Å². The lowest BCUT2D eigenvalue weighted by molar-refractivity contribution is 0.418. The zero-order valence-electron chi connectivity index (χ0n) is 12.1. The monoisotopic (exact) mass is 245 g/mol. The number of rotatable bonds is 6. The summed E-state index contributed by atoms with van der Waals surface area (Å²) in [6, 6.07) is 9.78. The summed E-state index contributed by atoms with van der Waals surface area (Å²) in [6.45, 7) is 4.61. The molecular weight excluding hydrogens is 218 g/mol. The molecule has 0 saturated heterocycles. The van der Waals surface area contributed by atoms with E-state index in [9.17, 15) is 0 Å². The van der Waals surface area contributed by atoms with Crippen molar-refractivity contribution < 1.29 is 0 Å². The van der Waals surface area contributed by atoms with Gasteiger partial charge in [-0.2, -0.15) is 0 Å². The molecule has 1 heteroatoms. The summed E-state index contributed by atoms with van der Waals surface area (Å²) in [5.74, 6) is 1.63. The van der Waals surface area contributed by atoms with Crippen LogP contribution in [-0.4, -0.2) is 7.05 Å². The van der Waals surface area contributed by atoms with Gasteiger partial charge < -0.3 is 5.32 Å². The molecule has 1 aliphatic carbocycles. The van der Waals surface area contributed by atoms with Crippen molar-refractivity contribution in [3.05, 3.63) is 35.4 Å². The van der Waals surface area contributed by atoms with E-state index in [1.165, 1.54) is 37.7 Å². The van der Waals surface area contributed by atoms with Gasteiger partial charge in [0.2, 0.25) is 0 Å². The van der Waals surface area contributed by atoms with Gasteiger partial charge in [-0.3, -0.25) is 0 Å². The highest BCUT2D eigenvalue weighted by Crippen LogP contribution is 2.37. The molecule has 0 radical (unpaired) electrons. The lowest BCUT2D eigenvalue weighted by Crippen LogP contribution is -2.18. The first kappa shape index (κ1) is 13.6. The number of benzene rings is 1. The van der Waals surface area contributed by atoms with Crippen LogP contribution in [0.15, 0.2) is 24.3 Å². The molecule has 100 valence electrons. The van der Waals surface area contributed by atoms with E-state index in [0.717, 1.165) is 11.8 Å². The Morgan fingerprint density at radius 1 is 1.22 bits per heavy atom. The molecule has 0 bridgehead atoms. The molecule has 1 fully saturated rings. The zero-order chi connectivity index (χ0) is 13.0. The van der Waals surface area contributed by atoms with Crippen molar-refractivity contribution in [3.8, 4) is 0 Å². The normalized spacial score (nSPS) is 17.8. The summed E-state index contributed by atoms with van der Waals surface area (Å²) >= 11 is 0. The average molecular weight is 245 g/mol. The van der Waals surface area contributed by atoms with Gasteiger partial charge in [0.25, 0.3) is 0 Å². The Labute approximate surface area is 112 Å². The van der Waals surface area contributed by atoms with Gasteiger partial charge >= 0.3 is 0 Å². The first-order valence-corrected chi connectivity index (χ1v) is 7.48. The van der Waals surface area contributed by atoms with Crippen molar-refractivity contribution in [2.45, 2.75) is 57.9 Å². The van der Waals surface area contributed by atoms with E-state index in [4.69, 9.17) is 0 Å². The van der Waals surface area contributed by atoms with Crippen LogP contribution in [0, 0.1) is 5.92 Å². The Hall–Kier alpha value is -0.820. The molecule has 2 rings (SSSR count). The molecule has 1 saturated carbocycles. The SMILES string of the molecule is CNC(CCC(C)C)c1cccc(C2CCC2)c1. The van der Waals surface area contributed by atoms with Gasteiger partial charge in [0.1, 0.15) is 0 Å². The number of hydrogen-bond acceptors (Lipinski definition) is 1. The first-order chi connectivity index (χ1) is 8.70. The maximum absolute atomic E-state index is 3.48. The Kier molecular flexibility index (Phi) is 4.82. The van der Waals surface area contributed by atoms with Crippen LogP contribution in [0.1, 0.15) is 69.0 Å². The van der Waals surface area contributed by atoms with Gasteiger partial charge in [0, 0.05) is 6.04 Å². The second-order valence-electron chi connectivity index (χ2n) is 6.11. The van der Waals surface area contributed by atoms with E-state index in [0.29, 0.717) is 6.04 Å². The molecule has 1 N–H and O–H groups in total. The molecule has 0 aromatic heterocycles. The van der Waals surface area contributed by atoms with Crippen LogP contribution < -0.4 is 5.32 Å². The summed E-state index contributed by atoms with van der Waals surface area (Å²) in [5, 5.41) is 3.48. The van der Waals surface area contributed by atoms with Crippen LogP contribution in [0.25, 0.3) is 0 Å². The Balaban J connectivity index is 2.04. The summed E-state index contributed by atoms with van der Waals surface area (Å²) in [6.07, 6.45) is 6.72. The molecule has 1 aromatic carbocycles. The zero-order valence-corrected chi connectivity index (χ0v) is 12.1. The van der Waals surface area contributed by atoms with Crippen molar-refractivity contribution in [2.24, 2.45) is 5.92 Å². The minimum atomic E-state index is 0.521. The maximum Gasteiger partial charge on any atom is 0.0317 e. The van der Waals surface area contributed by atoms with Crippen molar-refractivity contribution in [3.63, 3.8) is 0 Å². The maximum atomic E-state index is 3.48. The van der Waals surface area contributed by atoms with Crippen molar-refractivity contribution in [1.82, 2.24) is 5.32 Å². The third-order valence-electron chi connectivity index (χ3n) is 4.27. The number of nitrogens with one attached hydrogen (secondary N) is 1. The Morgan fingerprint density at radius 3 is 2.56 bits per heavy atom.